The Balaban J connectivity index is 1.77. The summed E-state index contributed by atoms with van der Waals surface area (Å²) < 4.78 is 24.0. The van der Waals surface area contributed by atoms with E-state index in [0.29, 0.717) is 25.3 Å². The van der Waals surface area contributed by atoms with Gasteiger partial charge in [0.1, 0.15) is 11.6 Å². The highest BCUT2D eigenvalue weighted by Crippen LogP contribution is 2.29. The Hall–Kier alpha value is -2.44. The standard InChI is InChI=1S/C20H23FN2O3/c1-25-19-5-3-2-4-17(19)18(23-10-12-26-13-11-23)14-22-20(24)15-6-8-16(21)9-7-15/h2-9,18H,10-14H2,1H3,(H,22,24). The van der Waals surface area contributed by atoms with Crippen LogP contribution < -0.4 is 10.1 Å². The summed E-state index contributed by atoms with van der Waals surface area (Å²) in [5.74, 6) is 0.208. The molecule has 5 nitrogen and oxygen atoms in total. The Labute approximate surface area is 152 Å². The summed E-state index contributed by atoms with van der Waals surface area (Å²) in [6, 6.07) is 13.3. The lowest BCUT2D eigenvalue weighted by molar-refractivity contribution is 0.0157. The number of methoxy groups -OCH3 is 1. The van der Waals surface area contributed by atoms with Gasteiger partial charge in [-0.05, 0) is 30.3 Å². The molecule has 2 aromatic rings. The van der Waals surface area contributed by atoms with Crippen molar-refractivity contribution in [3.63, 3.8) is 0 Å². The molecule has 26 heavy (non-hydrogen) atoms. The van der Waals surface area contributed by atoms with Crippen molar-refractivity contribution in [3.05, 3.63) is 65.5 Å². The van der Waals surface area contributed by atoms with Crippen LogP contribution in [0.1, 0.15) is 22.0 Å². The second-order valence-corrected chi connectivity index (χ2v) is 6.12. The maximum atomic E-state index is 13.0. The number of carbonyl (C=O) groups is 1. The zero-order valence-corrected chi connectivity index (χ0v) is 14.8. The molecule has 1 aliphatic rings. The van der Waals surface area contributed by atoms with Crippen LogP contribution in [0.2, 0.25) is 0 Å². The summed E-state index contributed by atoms with van der Waals surface area (Å²) in [6.45, 7) is 3.33. The molecule has 6 heteroatoms. The Kier molecular flexibility index (Phi) is 6.20. The summed E-state index contributed by atoms with van der Waals surface area (Å²) >= 11 is 0. The molecule has 1 saturated heterocycles. The summed E-state index contributed by atoms with van der Waals surface area (Å²) in [7, 11) is 1.65. The number of ether oxygens (including phenoxy) is 2. The molecule has 1 fully saturated rings. The average Bonchev–Trinajstić information content (AvgIpc) is 2.69. The molecule has 1 heterocycles. The van der Waals surface area contributed by atoms with Gasteiger partial charge in [0.15, 0.2) is 0 Å². The van der Waals surface area contributed by atoms with E-state index in [9.17, 15) is 9.18 Å². The number of rotatable bonds is 6. The topological polar surface area (TPSA) is 50.8 Å². The quantitative estimate of drug-likeness (QED) is 0.863. The molecule has 2 aromatic carbocycles. The van der Waals surface area contributed by atoms with Crippen molar-refractivity contribution in [2.75, 3.05) is 40.0 Å². The van der Waals surface area contributed by atoms with Crippen LogP contribution in [0, 0.1) is 5.82 Å². The number of para-hydroxylation sites is 1. The number of morpholine rings is 1. The van der Waals surface area contributed by atoms with Gasteiger partial charge < -0.3 is 14.8 Å². The summed E-state index contributed by atoms with van der Waals surface area (Å²) in [5, 5.41) is 2.97. The highest BCUT2D eigenvalue weighted by molar-refractivity contribution is 5.94. The molecule has 1 amide bonds. The second-order valence-electron chi connectivity index (χ2n) is 6.12. The average molecular weight is 358 g/mol. The van der Waals surface area contributed by atoms with Crippen LogP contribution in [0.4, 0.5) is 4.39 Å². The van der Waals surface area contributed by atoms with Crippen LogP contribution in [0.25, 0.3) is 0 Å². The van der Waals surface area contributed by atoms with Gasteiger partial charge in [-0.3, -0.25) is 9.69 Å². The van der Waals surface area contributed by atoms with E-state index in [-0.39, 0.29) is 17.8 Å². The smallest absolute Gasteiger partial charge is 0.251 e. The predicted octanol–water partition coefficient (Wildman–Crippen LogP) is 2.64. The van der Waals surface area contributed by atoms with Gasteiger partial charge in [-0.2, -0.15) is 0 Å². The van der Waals surface area contributed by atoms with Crippen molar-refractivity contribution in [2.24, 2.45) is 0 Å². The molecule has 0 spiro atoms. The van der Waals surface area contributed by atoms with Gasteiger partial charge >= 0.3 is 0 Å². The van der Waals surface area contributed by atoms with Gasteiger partial charge in [0.25, 0.3) is 5.91 Å². The highest BCUT2D eigenvalue weighted by Gasteiger charge is 2.25. The van der Waals surface area contributed by atoms with Crippen LogP contribution in [0.5, 0.6) is 5.75 Å². The number of amides is 1. The van der Waals surface area contributed by atoms with Crippen LogP contribution in [0.15, 0.2) is 48.5 Å². The number of hydrogen-bond donors (Lipinski definition) is 1. The van der Waals surface area contributed by atoms with E-state index in [0.717, 1.165) is 24.4 Å². The molecule has 0 bridgehead atoms. The Morgan fingerprint density at radius 2 is 1.88 bits per heavy atom. The van der Waals surface area contributed by atoms with E-state index >= 15 is 0 Å². The van der Waals surface area contributed by atoms with Crippen molar-refractivity contribution < 1.29 is 18.7 Å². The maximum Gasteiger partial charge on any atom is 0.251 e. The molecule has 3 rings (SSSR count). The lowest BCUT2D eigenvalue weighted by atomic mass is 10.0. The molecule has 1 aliphatic heterocycles. The van der Waals surface area contributed by atoms with Crippen molar-refractivity contribution >= 4 is 5.91 Å². The Morgan fingerprint density at radius 3 is 2.58 bits per heavy atom. The molecule has 1 unspecified atom stereocenters. The monoisotopic (exact) mass is 358 g/mol. The maximum absolute atomic E-state index is 13.0. The molecule has 1 atom stereocenters. The summed E-state index contributed by atoms with van der Waals surface area (Å²) in [4.78, 5) is 14.7. The second kappa shape index (κ2) is 8.78. The van der Waals surface area contributed by atoms with Crippen molar-refractivity contribution in [3.8, 4) is 5.75 Å². The van der Waals surface area contributed by atoms with E-state index in [1.54, 1.807) is 7.11 Å². The molecule has 1 N–H and O–H groups in total. The number of nitrogens with zero attached hydrogens (tertiary/aromatic N) is 1. The molecular weight excluding hydrogens is 335 g/mol. The van der Waals surface area contributed by atoms with E-state index in [1.165, 1.54) is 24.3 Å². The first-order valence-electron chi connectivity index (χ1n) is 8.67. The molecule has 0 aliphatic carbocycles. The summed E-state index contributed by atoms with van der Waals surface area (Å²) in [6.07, 6.45) is 0. The molecular formula is C20H23FN2O3. The number of carbonyl (C=O) groups excluding carboxylic acids is 1. The molecule has 138 valence electrons. The van der Waals surface area contributed by atoms with Crippen molar-refractivity contribution in [1.82, 2.24) is 10.2 Å². The summed E-state index contributed by atoms with van der Waals surface area (Å²) in [5.41, 5.74) is 1.46. The van der Waals surface area contributed by atoms with Gasteiger partial charge in [-0.25, -0.2) is 4.39 Å². The van der Waals surface area contributed by atoms with Crippen LogP contribution in [0.3, 0.4) is 0 Å². The van der Waals surface area contributed by atoms with Gasteiger partial charge in [0.2, 0.25) is 0 Å². The lowest BCUT2D eigenvalue weighted by Crippen LogP contribution is -2.44. The minimum atomic E-state index is -0.359. The third-order valence-corrected chi connectivity index (χ3v) is 4.55. The van der Waals surface area contributed by atoms with Crippen LogP contribution >= 0.6 is 0 Å². The van der Waals surface area contributed by atoms with Crippen LogP contribution in [-0.2, 0) is 4.74 Å². The normalized spacial score (nSPS) is 16.1. The minimum Gasteiger partial charge on any atom is -0.496 e. The fourth-order valence-electron chi connectivity index (χ4n) is 3.16. The third-order valence-electron chi connectivity index (χ3n) is 4.55. The van der Waals surface area contributed by atoms with E-state index in [1.807, 2.05) is 24.3 Å². The number of halogens is 1. The highest BCUT2D eigenvalue weighted by atomic mass is 19.1. The van der Waals surface area contributed by atoms with Gasteiger partial charge in [0, 0.05) is 30.8 Å². The fraction of sp³-hybridized carbons (Fsp3) is 0.350. The van der Waals surface area contributed by atoms with Gasteiger partial charge in [-0.15, -0.1) is 0 Å². The number of hydrogen-bond acceptors (Lipinski definition) is 4. The Bertz CT molecular complexity index is 730. The number of benzene rings is 2. The Morgan fingerprint density at radius 1 is 1.19 bits per heavy atom. The largest absolute Gasteiger partial charge is 0.496 e. The van der Waals surface area contributed by atoms with Crippen molar-refractivity contribution in [2.45, 2.75) is 6.04 Å². The molecule has 0 saturated carbocycles. The first kappa shape index (κ1) is 18.4. The van der Waals surface area contributed by atoms with Crippen molar-refractivity contribution in [1.29, 1.82) is 0 Å². The van der Waals surface area contributed by atoms with E-state index in [4.69, 9.17) is 9.47 Å². The molecule has 0 radical (unpaired) electrons. The SMILES string of the molecule is COc1ccccc1C(CNC(=O)c1ccc(F)cc1)N1CCOCC1. The van der Waals surface area contributed by atoms with Gasteiger partial charge in [0.05, 0.1) is 26.4 Å². The zero-order valence-electron chi connectivity index (χ0n) is 14.8. The lowest BCUT2D eigenvalue weighted by Gasteiger charge is -2.35. The first-order chi connectivity index (χ1) is 12.7. The minimum absolute atomic E-state index is 0.0283. The fourth-order valence-corrected chi connectivity index (χ4v) is 3.16. The number of nitrogens with one attached hydrogen (secondary N) is 1. The van der Waals surface area contributed by atoms with Gasteiger partial charge in [-0.1, -0.05) is 18.2 Å². The first-order valence-corrected chi connectivity index (χ1v) is 8.67. The van der Waals surface area contributed by atoms with E-state index < -0.39 is 0 Å². The van der Waals surface area contributed by atoms with Crippen LogP contribution in [-0.4, -0.2) is 50.8 Å². The predicted molar refractivity (Wildman–Crippen MR) is 96.9 cm³/mol. The molecule has 0 aromatic heterocycles. The van der Waals surface area contributed by atoms with E-state index in [2.05, 4.69) is 10.2 Å². The third kappa shape index (κ3) is 4.39. The zero-order chi connectivity index (χ0) is 18.4.